The molecule has 72 valence electrons. The van der Waals surface area contributed by atoms with E-state index in [1.54, 1.807) is 6.08 Å². The lowest BCUT2D eigenvalue weighted by molar-refractivity contribution is 0.423. The van der Waals surface area contributed by atoms with Crippen LogP contribution in [0.4, 0.5) is 0 Å². The first kappa shape index (κ1) is 11.8. The Labute approximate surface area is 77.8 Å². The molecule has 0 saturated heterocycles. The van der Waals surface area contributed by atoms with Gasteiger partial charge in [-0.25, -0.2) is 19.6 Å². The molecule has 0 aromatic heterocycles. The summed E-state index contributed by atoms with van der Waals surface area (Å²) in [5.41, 5.74) is 0. The van der Waals surface area contributed by atoms with Crippen LogP contribution in [0.25, 0.3) is 0 Å². The SMILES string of the molecule is CCC(C)C(CCN=C=O)N=C=O. The molecule has 0 heterocycles. The molecular formula is C9H14N2O2. The second-order valence-electron chi connectivity index (χ2n) is 2.93. The standard InChI is InChI=1S/C9H14N2O2/c1-3-8(2)9(11-7-13)4-5-10-6-12/h8-9H,3-5H2,1-2H3. The highest BCUT2D eigenvalue weighted by molar-refractivity contribution is 5.34. The van der Waals surface area contributed by atoms with Gasteiger partial charge in [0.05, 0.1) is 12.6 Å². The Morgan fingerprint density at radius 3 is 2.46 bits per heavy atom. The first-order valence-electron chi connectivity index (χ1n) is 4.36. The van der Waals surface area contributed by atoms with Crippen molar-refractivity contribution < 1.29 is 9.59 Å². The summed E-state index contributed by atoms with van der Waals surface area (Å²) < 4.78 is 0. The van der Waals surface area contributed by atoms with Crippen molar-refractivity contribution in [2.75, 3.05) is 6.54 Å². The molecule has 0 bridgehead atoms. The van der Waals surface area contributed by atoms with Crippen LogP contribution in [0.3, 0.4) is 0 Å². The first-order chi connectivity index (χ1) is 6.26. The Bertz CT molecular complexity index is 228. The molecule has 0 spiro atoms. The van der Waals surface area contributed by atoms with Crippen molar-refractivity contribution in [3.8, 4) is 0 Å². The van der Waals surface area contributed by atoms with Gasteiger partial charge in [-0.3, -0.25) is 0 Å². The number of rotatable bonds is 6. The molecule has 0 N–H and O–H groups in total. The Hall–Kier alpha value is -1.24. The van der Waals surface area contributed by atoms with Gasteiger partial charge in [0, 0.05) is 0 Å². The minimum absolute atomic E-state index is 0.0698. The molecule has 0 radical (unpaired) electrons. The fourth-order valence-corrected chi connectivity index (χ4v) is 1.06. The maximum absolute atomic E-state index is 10.1. The Morgan fingerprint density at radius 1 is 1.31 bits per heavy atom. The van der Waals surface area contributed by atoms with Gasteiger partial charge in [-0.2, -0.15) is 0 Å². The summed E-state index contributed by atoms with van der Waals surface area (Å²) in [4.78, 5) is 26.9. The third-order valence-corrected chi connectivity index (χ3v) is 2.12. The second kappa shape index (κ2) is 7.41. The van der Waals surface area contributed by atoms with Gasteiger partial charge in [0.25, 0.3) is 0 Å². The van der Waals surface area contributed by atoms with E-state index in [1.165, 1.54) is 6.08 Å². The normalized spacial score (nSPS) is 13.7. The van der Waals surface area contributed by atoms with Crippen molar-refractivity contribution >= 4 is 12.2 Å². The largest absolute Gasteiger partial charge is 0.235 e. The van der Waals surface area contributed by atoms with Crippen molar-refractivity contribution in [2.45, 2.75) is 32.7 Å². The number of hydrogen-bond donors (Lipinski definition) is 0. The van der Waals surface area contributed by atoms with E-state index in [1.807, 2.05) is 13.8 Å². The molecule has 0 aliphatic carbocycles. The van der Waals surface area contributed by atoms with Gasteiger partial charge in [0.15, 0.2) is 0 Å². The van der Waals surface area contributed by atoms with Crippen LogP contribution in [-0.4, -0.2) is 24.7 Å². The van der Waals surface area contributed by atoms with E-state index in [9.17, 15) is 9.59 Å². The van der Waals surface area contributed by atoms with E-state index in [2.05, 4.69) is 9.98 Å². The van der Waals surface area contributed by atoms with E-state index in [4.69, 9.17) is 0 Å². The highest BCUT2D eigenvalue weighted by Crippen LogP contribution is 2.14. The van der Waals surface area contributed by atoms with Gasteiger partial charge in [-0.05, 0) is 12.3 Å². The number of hydrogen-bond acceptors (Lipinski definition) is 4. The lowest BCUT2D eigenvalue weighted by atomic mass is 9.97. The maximum atomic E-state index is 10.1. The molecule has 13 heavy (non-hydrogen) atoms. The molecule has 0 aromatic carbocycles. The van der Waals surface area contributed by atoms with Crippen LogP contribution in [0.1, 0.15) is 26.7 Å². The molecule has 0 fully saturated rings. The van der Waals surface area contributed by atoms with E-state index < -0.39 is 0 Å². The van der Waals surface area contributed by atoms with Crippen LogP contribution in [0.5, 0.6) is 0 Å². The van der Waals surface area contributed by atoms with Gasteiger partial charge < -0.3 is 0 Å². The van der Waals surface area contributed by atoms with Gasteiger partial charge in [-0.15, -0.1) is 0 Å². The predicted octanol–water partition coefficient (Wildman–Crippen LogP) is 1.46. The zero-order chi connectivity index (χ0) is 10.1. The molecule has 0 aliphatic rings. The molecular weight excluding hydrogens is 168 g/mol. The summed E-state index contributed by atoms with van der Waals surface area (Å²) >= 11 is 0. The van der Waals surface area contributed by atoms with Crippen LogP contribution >= 0.6 is 0 Å². The third-order valence-electron chi connectivity index (χ3n) is 2.12. The van der Waals surface area contributed by atoms with E-state index in [0.29, 0.717) is 18.9 Å². The summed E-state index contributed by atoms with van der Waals surface area (Å²) in [5.74, 6) is 0.323. The highest BCUT2D eigenvalue weighted by Gasteiger charge is 2.13. The van der Waals surface area contributed by atoms with Gasteiger partial charge in [-0.1, -0.05) is 20.3 Å². The molecule has 0 amide bonds. The lowest BCUT2D eigenvalue weighted by Gasteiger charge is -2.15. The van der Waals surface area contributed by atoms with Crippen LogP contribution in [0.2, 0.25) is 0 Å². The van der Waals surface area contributed by atoms with E-state index in [0.717, 1.165) is 6.42 Å². The van der Waals surface area contributed by atoms with Gasteiger partial charge in [0.2, 0.25) is 12.2 Å². The van der Waals surface area contributed by atoms with Crippen LogP contribution in [0, 0.1) is 5.92 Å². The zero-order valence-corrected chi connectivity index (χ0v) is 7.99. The topological polar surface area (TPSA) is 58.9 Å². The summed E-state index contributed by atoms with van der Waals surface area (Å²) in [7, 11) is 0. The highest BCUT2D eigenvalue weighted by atomic mass is 16.1. The molecule has 0 aliphatic heterocycles. The van der Waals surface area contributed by atoms with Crippen LogP contribution in [-0.2, 0) is 9.59 Å². The smallest absolute Gasteiger partial charge is 0.211 e. The molecule has 4 heteroatoms. The quantitative estimate of drug-likeness (QED) is 0.461. The van der Waals surface area contributed by atoms with Crippen molar-refractivity contribution in [1.82, 2.24) is 0 Å². The minimum atomic E-state index is -0.0698. The average molecular weight is 182 g/mol. The fraction of sp³-hybridized carbons (Fsp3) is 0.778. The molecule has 4 nitrogen and oxygen atoms in total. The summed E-state index contributed by atoms with van der Waals surface area (Å²) in [6.45, 7) is 4.42. The minimum Gasteiger partial charge on any atom is -0.211 e. The second-order valence-corrected chi connectivity index (χ2v) is 2.93. The number of aliphatic imine (C=N–C) groups is 2. The molecule has 0 rings (SSSR count). The summed E-state index contributed by atoms with van der Waals surface area (Å²) in [6.07, 6.45) is 4.56. The molecule has 0 saturated carbocycles. The molecule has 2 atom stereocenters. The summed E-state index contributed by atoms with van der Waals surface area (Å²) in [5, 5.41) is 0. The predicted molar refractivity (Wildman–Crippen MR) is 49.0 cm³/mol. The Morgan fingerprint density at radius 2 is 2.00 bits per heavy atom. The van der Waals surface area contributed by atoms with Gasteiger partial charge >= 0.3 is 0 Å². The Balaban J connectivity index is 4.08. The Kier molecular flexibility index (Phi) is 6.70. The van der Waals surface area contributed by atoms with Crippen LogP contribution in [0.15, 0.2) is 9.98 Å². The molecule has 2 unspecified atom stereocenters. The number of carbonyl (C=O) groups excluding carboxylic acids is 2. The van der Waals surface area contributed by atoms with E-state index in [-0.39, 0.29) is 6.04 Å². The van der Waals surface area contributed by atoms with Crippen molar-refractivity contribution in [3.63, 3.8) is 0 Å². The number of nitrogens with zero attached hydrogens (tertiary/aromatic N) is 2. The van der Waals surface area contributed by atoms with Crippen molar-refractivity contribution in [1.29, 1.82) is 0 Å². The lowest BCUT2D eigenvalue weighted by Crippen LogP contribution is -2.16. The number of isocyanates is 2. The zero-order valence-electron chi connectivity index (χ0n) is 7.99. The van der Waals surface area contributed by atoms with Gasteiger partial charge in [0.1, 0.15) is 0 Å². The van der Waals surface area contributed by atoms with Crippen molar-refractivity contribution in [2.24, 2.45) is 15.9 Å². The summed E-state index contributed by atoms with van der Waals surface area (Å²) in [6, 6.07) is -0.0698. The fourth-order valence-electron chi connectivity index (χ4n) is 1.06. The van der Waals surface area contributed by atoms with Crippen LogP contribution < -0.4 is 0 Å². The third kappa shape index (κ3) is 5.07. The first-order valence-corrected chi connectivity index (χ1v) is 4.36. The molecule has 0 aromatic rings. The monoisotopic (exact) mass is 182 g/mol. The maximum Gasteiger partial charge on any atom is 0.235 e. The van der Waals surface area contributed by atoms with E-state index >= 15 is 0 Å². The average Bonchev–Trinajstić information content (AvgIpc) is 2.16. The van der Waals surface area contributed by atoms with Crippen molar-refractivity contribution in [3.05, 3.63) is 0 Å².